The molecule has 0 saturated carbocycles. The topological polar surface area (TPSA) is 88.3 Å². The summed E-state index contributed by atoms with van der Waals surface area (Å²) in [4.78, 5) is 30.7. The maximum atomic E-state index is 14.0. The number of hydrogen-bond donors (Lipinski definition) is 1. The zero-order chi connectivity index (χ0) is 22.2. The number of nitrogens with one attached hydrogen (secondary N) is 1. The average molecular weight is 422 g/mol. The number of para-hydroxylation sites is 1. The molecule has 1 saturated heterocycles. The largest absolute Gasteiger partial charge is 0.338 e. The van der Waals surface area contributed by atoms with E-state index in [9.17, 15) is 14.0 Å². The molecule has 2 amide bonds. The average Bonchev–Trinajstić information content (AvgIpc) is 3.36. The first kappa shape index (κ1) is 20.7. The second kappa shape index (κ2) is 7.94. The molecule has 8 heteroatoms. The molecular formula is C23H23FN4O3. The van der Waals surface area contributed by atoms with Crippen molar-refractivity contribution in [1.82, 2.24) is 10.1 Å². The normalized spacial score (nSPS) is 16.6. The summed E-state index contributed by atoms with van der Waals surface area (Å²) in [6.45, 7) is 6.11. The SMILES string of the molecule is CC(C)(C)c1nc(-c2ccc(NC(=O)[C@H]3CC(=O)N(c4ccccc4F)C3)cc2)no1. The molecule has 2 aromatic carbocycles. The van der Waals surface area contributed by atoms with Crippen LogP contribution in [0.1, 0.15) is 33.1 Å². The van der Waals surface area contributed by atoms with Gasteiger partial charge in [-0.25, -0.2) is 4.39 Å². The number of anilines is 2. The Morgan fingerprint density at radius 2 is 1.87 bits per heavy atom. The van der Waals surface area contributed by atoms with E-state index in [0.29, 0.717) is 17.4 Å². The summed E-state index contributed by atoms with van der Waals surface area (Å²) in [5.41, 5.74) is 1.31. The molecule has 4 rings (SSSR count). The van der Waals surface area contributed by atoms with Gasteiger partial charge in [-0.1, -0.05) is 38.1 Å². The van der Waals surface area contributed by atoms with Crippen LogP contribution in [0.3, 0.4) is 0 Å². The highest BCUT2D eigenvalue weighted by Crippen LogP contribution is 2.29. The molecule has 1 aromatic heterocycles. The fraction of sp³-hybridized carbons (Fsp3) is 0.304. The van der Waals surface area contributed by atoms with Crippen molar-refractivity contribution in [2.24, 2.45) is 5.92 Å². The molecule has 0 spiro atoms. The van der Waals surface area contributed by atoms with E-state index in [1.165, 1.54) is 17.0 Å². The molecule has 1 atom stereocenters. The van der Waals surface area contributed by atoms with Crippen LogP contribution >= 0.6 is 0 Å². The van der Waals surface area contributed by atoms with Gasteiger partial charge in [0.15, 0.2) is 0 Å². The van der Waals surface area contributed by atoms with Gasteiger partial charge in [-0.3, -0.25) is 9.59 Å². The second-order valence-electron chi connectivity index (χ2n) is 8.60. The summed E-state index contributed by atoms with van der Waals surface area (Å²) < 4.78 is 19.3. The second-order valence-corrected chi connectivity index (χ2v) is 8.60. The van der Waals surface area contributed by atoms with Crippen molar-refractivity contribution < 1.29 is 18.5 Å². The molecule has 0 unspecified atom stereocenters. The van der Waals surface area contributed by atoms with Gasteiger partial charge in [-0.2, -0.15) is 4.98 Å². The lowest BCUT2D eigenvalue weighted by Gasteiger charge is -2.17. The lowest BCUT2D eigenvalue weighted by atomic mass is 9.97. The number of benzene rings is 2. The highest BCUT2D eigenvalue weighted by Gasteiger charge is 2.36. The van der Waals surface area contributed by atoms with Crippen LogP contribution in [0.2, 0.25) is 0 Å². The number of amides is 2. The summed E-state index contributed by atoms with van der Waals surface area (Å²) in [5, 5.41) is 6.84. The molecule has 0 radical (unpaired) electrons. The van der Waals surface area contributed by atoms with E-state index in [1.807, 2.05) is 20.8 Å². The Bertz CT molecular complexity index is 1120. The highest BCUT2D eigenvalue weighted by atomic mass is 19.1. The van der Waals surface area contributed by atoms with Gasteiger partial charge in [0.1, 0.15) is 5.82 Å². The minimum Gasteiger partial charge on any atom is -0.338 e. The molecule has 1 aliphatic heterocycles. The van der Waals surface area contributed by atoms with Crippen LogP contribution in [0.4, 0.5) is 15.8 Å². The molecule has 1 aliphatic rings. The molecule has 160 valence electrons. The van der Waals surface area contributed by atoms with Crippen molar-refractivity contribution in [2.45, 2.75) is 32.6 Å². The molecule has 1 fully saturated rings. The standard InChI is InChI=1S/C23H23FN4O3/c1-23(2,3)22-26-20(27-31-22)14-8-10-16(11-9-14)25-21(30)15-12-19(29)28(13-15)18-7-5-4-6-17(18)24/h4-11,15H,12-13H2,1-3H3,(H,25,30)/t15-/m0/s1. The summed E-state index contributed by atoms with van der Waals surface area (Å²) >= 11 is 0. The Balaban J connectivity index is 1.42. The Labute approximate surface area is 179 Å². The number of carbonyl (C=O) groups is 2. The van der Waals surface area contributed by atoms with E-state index in [-0.39, 0.29) is 35.9 Å². The molecule has 2 heterocycles. The Hall–Kier alpha value is -3.55. The van der Waals surface area contributed by atoms with Crippen molar-refractivity contribution in [2.75, 3.05) is 16.8 Å². The van der Waals surface area contributed by atoms with Gasteiger partial charge >= 0.3 is 0 Å². The van der Waals surface area contributed by atoms with E-state index in [0.717, 1.165) is 5.56 Å². The Morgan fingerprint density at radius 1 is 1.16 bits per heavy atom. The smallest absolute Gasteiger partial charge is 0.232 e. The molecule has 0 bridgehead atoms. The predicted molar refractivity (Wildman–Crippen MR) is 114 cm³/mol. The van der Waals surface area contributed by atoms with Crippen LogP contribution in [0, 0.1) is 11.7 Å². The van der Waals surface area contributed by atoms with E-state index in [2.05, 4.69) is 15.5 Å². The third-order valence-electron chi connectivity index (χ3n) is 5.12. The van der Waals surface area contributed by atoms with Crippen molar-refractivity contribution in [1.29, 1.82) is 0 Å². The van der Waals surface area contributed by atoms with E-state index < -0.39 is 11.7 Å². The van der Waals surface area contributed by atoms with Crippen LogP contribution < -0.4 is 10.2 Å². The van der Waals surface area contributed by atoms with Gasteiger partial charge in [0, 0.05) is 29.6 Å². The van der Waals surface area contributed by atoms with E-state index >= 15 is 0 Å². The van der Waals surface area contributed by atoms with Crippen LogP contribution in [0.15, 0.2) is 53.1 Å². The number of hydrogen-bond acceptors (Lipinski definition) is 5. The minimum atomic E-state index is -0.557. The molecule has 0 aliphatic carbocycles. The van der Waals surface area contributed by atoms with E-state index in [1.54, 1.807) is 36.4 Å². The molecule has 1 N–H and O–H groups in total. The summed E-state index contributed by atoms with van der Waals surface area (Å²) in [5.74, 6) is -0.571. The summed E-state index contributed by atoms with van der Waals surface area (Å²) in [6.07, 6.45) is 0.0384. The third-order valence-corrected chi connectivity index (χ3v) is 5.12. The molecule has 31 heavy (non-hydrogen) atoms. The molecule has 7 nitrogen and oxygen atoms in total. The van der Waals surface area contributed by atoms with Gasteiger partial charge in [-0.15, -0.1) is 0 Å². The van der Waals surface area contributed by atoms with Crippen LogP contribution in [0.5, 0.6) is 0 Å². The lowest BCUT2D eigenvalue weighted by molar-refractivity contribution is -0.122. The fourth-order valence-electron chi connectivity index (χ4n) is 3.38. The summed E-state index contributed by atoms with van der Waals surface area (Å²) in [7, 11) is 0. The monoisotopic (exact) mass is 422 g/mol. The van der Waals surface area contributed by atoms with Crippen molar-refractivity contribution in [3.63, 3.8) is 0 Å². The molecule has 3 aromatic rings. The minimum absolute atomic E-state index is 0.0384. The number of aromatic nitrogens is 2. The predicted octanol–water partition coefficient (Wildman–Crippen LogP) is 4.16. The Kier molecular flexibility index (Phi) is 5.31. The fourth-order valence-corrected chi connectivity index (χ4v) is 3.38. The third kappa shape index (κ3) is 4.33. The van der Waals surface area contributed by atoms with Gasteiger partial charge in [0.05, 0.1) is 11.6 Å². The van der Waals surface area contributed by atoms with Gasteiger partial charge in [0.2, 0.25) is 23.5 Å². The van der Waals surface area contributed by atoms with E-state index in [4.69, 9.17) is 4.52 Å². The number of carbonyl (C=O) groups excluding carboxylic acids is 2. The van der Waals surface area contributed by atoms with Crippen LogP contribution in [-0.4, -0.2) is 28.5 Å². The van der Waals surface area contributed by atoms with Crippen molar-refractivity contribution in [3.8, 4) is 11.4 Å². The van der Waals surface area contributed by atoms with Crippen molar-refractivity contribution in [3.05, 3.63) is 60.2 Å². The quantitative estimate of drug-likeness (QED) is 0.682. The number of rotatable bonds is 4. The maximum Gasteiger partial charge on any atom is 0.232 e. The maximum absolute atomic E-state index is 14.0. The zero-order valence-corrected chi connectivity index (χ0v) is 17.6. The van der Waals surface area contributed by atoms with Crippen LogP contribution in [0.25, 0.3) is 11.4 Å². The first-order valence-corrected chi connectivity index (χ1v) is 10.0. The molecular weight excluding hydrogens is 399 g/mol. The van der Waals surface area contributed by atoms with Gasteiger partial charge in [-0.05, 0) is 36.4 Å². The Morgan fingerprint density at radius 3 is 2.52 bits per heavy atom. The number of nitrogens with zero attached hydrogens (tertiary/aromatic N) is 3. The van der Waals surface area contributed by atoms with Crippen LogP contribution in [-0.2, 0) is 15.0 Å². The van der Waals surface area contributed by atoms with Gasteiger partial charge < -0.3 is 14.7 Å². The first-order chi connectivity index (χ1) is 14.7. The first-order valence-electron chi connectivity index (χ1n) is 10.0. The zero-order valence-electron chi connectivity index (χ0n) is 17.6. The number of halogens is 1. The highest BCUT2D eigenvalue weighted by molar-refractivity contribution is 6.03. The van der Waals surface area contributed by atoms with Crippen molar-refractivity contribution >= 4 is 23.2 Å². The summed E-state index contributed by atoms with van der Waals surface area (Å²) in [6, 6.07) is 13.1. The lowest BCUT2D eigenvalue weighted by Crippen LogP contribution is -2.28. The van der Waals surface area contributed by atoms with Gasteiger partial charge in [0.25, 0.3) is 0 Å².